The summed E-state index contributed by atoms with van der Waals surface area (Å²) >= 11 is 1.20. The Balaban J connectivity index is 2.28. The fourth-order valence-corrected chi connectivity index (χ4v) is 4.37. The number of ether oxygens (including phenoxy) is 3. The van der Waals surface area contributed by atoms with Crippen LogP contribution in [0.2, 0.25) is 0 Å². The Morgan fingerprint density at radius 1 is 1.33 bits per heavy atom. The lowest BCUT2D eigenvalue weighted by atomic mass is 9.92. The lowest BCUT2D eigenvalue weighted by molar-refractivity contribution is -0.139. The van der Waals surface area contributed by atoms with Crippen molar-refractivity contribution in [3.8, 4) is 17.6 Å². The molecule has 0 aromatic heterocycles. The topological polar surface area (TPSA) is 110 Å². The summed E-state index contributed by atoms with van der Waals surface area (Å²) in [6.07, 6.45) is 1.38. The molecule has 1 atom stereocenters. The lowest BCUT2D eigenvalue weighted by Gasteiger charge is -2.36. The van der Waals surface area contributed by atoms with Gasteiger partial charge in [0.05, 0.1) is 32.1 Å². The highest BCUT2D eigenvalue weighted by Crippen LogP contribution is 2.48. The van der Waals surface area contributed by atoms with Crippen LogP contribution < -0.4 is 15.2 Å². The van der Waals surface area contributed by atoms with Gasteiger partial charge in [-0.25, -0.2) is 9.79 Å². The van der Waals surface area contributed by atoms with Crippen LogP contribution in [0.1, 0.15) is 38.3 Å². The number of thioether (sulfide) groups is 1. The van der Waals surface area contributed by atoms with E-state index in [1.165, 1.54) is 11.8 Å². The summed E-state index contributed by atoms with van der Waals surface area (Å²) in [5.74, 6) is 0.936. The van der Waals surface area contributed by atoms with Crippen LogP contribution in [0.5, 0.6) is 11.5 Å². The largest absolute Gasteiger partial charge is 0.497 e. The fourth-order valence-electron chi connectivity index (χ4n) is 3.48. The molecule has 8 nitrogen and oxygen atoms in total. The smallest absolute Gasteiger partial charge is 0.338 e. The number of nitrogens with zero attached hydrogens (tertiary/aromatic N) is 3. The molecule has 0 bridgehead atoms. The first-order valence-electron chi connectivity index (χ1n) is 9.58. The second-order valence-electron chi connectivity index (χ2n) is 6.53. The van der Waals surface area contributed by atoms with Gasteiger partial charge in [0.2, 0.25) is 0 Å². The Morgan fingerprint density at radius 3 is 2.70 bits per heavy atom. The van der Waals surface area contributed by atoms with Crippen molar-refractivity contribution in [3.63, 3.8) is 0 Å². The summed E-state index contributed by atoms with van der Waals surface area (Å²) in [6, 6.07) is 6.84. The van der Waals surface area contributed by atoms with Gasteiger partial charge in [-0.05, 0) is 37.2 Å². The Hall–Kier alpha value is -3.12. The fraction of sp³-hybridized carbons (Fsp3) is 0.381. The van der Waals surface area contributed by atoms with Gasteiger partial charge in [0.15, 0.2) is 5.17 Å². The normalized spacial score (nSPS) is 18.0. The molecule has 9 heteroatoms. The molecular formula is C21H24N4O4S. The molecule has 0 fully saturated rings. The molecule has 0 unspecified atom stereocenters. The van der Waals surface area contributed by atoms with Gasteiger partial charge in [0.1, 0.15) is 34.3 Å². The number of carbonyl (C=O) groups is 1. The number of carbonyl (C=O) groups excluding carboxylic acids is 1. The molecule has 158 valence electrons. The van der Waals surface area contributed by atoms with Crippen molar-refractivity contribution in [3.05, 3.63) is 45.8 Å². The quantitative estimate of drug-likeness (QED) is 0.658. The third-order valence-electron chi connectivity index (χ3n) is 4.78. The Labute approximate surface area is 180 Å². The summed E-state index contributed by atoms with van der Waals surface area (Å²) in [4.78, 5) is 19.8. The van der Waals surface area contributed by atoms with E-state index in [0.717, 1.165) is 6.42 Å². The number of nitrogens with two attached hydrogens (primary N) is 1. The molecule has 0 saturated heterocycles. The zero-order valence-corrected chi connectivity index (χ0v) is 18.2. The Bertz CT molecular complexity index is 993. The molecule has 0 saturated carbocycles. The van der Waals surface area contributed by atoms with Crippen LogP contribution in [-0.4, -0.2) is 36.9 Å². The van der Waals surface area contributed by atoms with Gasteiger partial charge in [-0.15, -0.1) is 0 Å². The highest BCUT2D eigenvalue weighted by Gasteiger charge is 2.44. The maximum absolute atomic E-state index is 13.1. The van der Waals surface area contributed by atoms with E-state index in [0.29, 0.717) is 44.8 Å². The molecule has 2 N–H and O–H groups in total. The molecule has 2 aliphatic rings. The summed E-state index contributed by atoms with van der Waals surface area (Å²) in [6.45, 7) is 4.00. The van der Waals surface area contributed by atoms with E-state index in [9.17, 15) is 10.1 Å². The standard InChI is InChI=1S/C21H24N4O4S/c1-5-7-14-17(20(26)29-6-2)18(13-9-8-12(27-3)10-15(13)28-4)25-19(23)16(11-22)30-21(25)24-14/h8-10,18H,5-7,23H2,1-4H3/t18-/m1/s1. The van der Waals surface area contributed by atoms with Crippen LogP contribution >= 0.6 is 11.8 Å². The maximum Gasteiger partial charge on any atom is 0.338 e. The molecule has 1 aromatic carbocycles. The Kier molecular flexibility index (Phi) is 6.57. The van der Waals surface area contributed by atoms with Crippen molar-refractivity contribution >= 4 is 22.9 Å². The average Bonchev–Trinajstić information content (AvgIpc) is 3.08. The van der Waals surface area contributed by atoms with Crippen LogP contribution in [0.15, 0.2) is 45.2 Å². The van der Waals surface area contributed by atoms with Gasteiger partial charge in [-0.2, -0.15) is 5.26 Å². The summed E-state index contributed by atoms with van der Waals surface area (Å²) in [7, 11) is 3.12. The number of esters is 1. The maximum atomic E-state index is 13.1. The van der Waals surface area contributed by atoms with Gasteiger partial charge in [0, 0.05) is 11.6 Å². The Morgan fingerprint density at radius 2 is 2.10 bits per heavy atom. The highest BCUT2D eigenvalue weighted by molar-refractivity contribution is 8.17. The molecule has 0 spiro atoms. The van der Waals surface area contributed by atoms with Crippen molar-refractivity contribution in [2.75, 3.05) is 20.8 Å². The average molecular weight is 429 g/mol. The molecule has 2 aliphatic heterocycles. The first-order chi connectivity index (χ1) is 14.5. The number of allylic oxidation sites excluding steroid dienone is 2. The number of rotatable bonds is 7. The van der Waals surface area contributed by atoms with E-state index in [1.54, 1.807) is 38.2 Å². The van der Waals surface area contributed by atoms with E-state index in [2.05, 4.69) is 11.1 Å². The van der Waals surface area contributed by atoms with Crippen LogP contribution in [-0.2, 0) is 9.53 Å². The van der Waals surface area contributed by atoms with Crippen molar-refractivity contribution in [1.29, 1.82) is 5.26 Å². The van der Waals surface area contributed by atoms with E-state index >= 15 is 0 Å². The van der Waals surface area contributed by atoms with Crippen molar-refractivity contribution < 1.29 is 19.0 Å². The summed E-state index contributed by atoms with van der Waals surface area (Å²) in [5.41, 5.74) is 8.04. The van der Waals surface area contributed by atoms with Crippen molar-refractivity contribution in [2.45, 2.75) is 32.7 Å². The molecule has 0 aliphatic carbocycles. The van der Waals surface area contributed by atoms with Gasteiger partial charge in [0.25, 0.3) is 0 Å². The molecule has 30 heavy (non-hydrogen) atoms. The molecular weight excluding hydrogens is 404 g/mol. The molecule has 0 radical (unpaired) electrons. The first-order valence-corrected chi connectivity index (χ1v) is 10.4. The van der Waals surface area contributed by atoms with Gasteiger partial charge in [-0.1, -0.05) is 13.3 Å². The molecule has 1 aromatic rings. The SMILES string of the molecule is CCCC1=C(C(=O)OCC)[C@@H](c2ccc(OC)cc2OC)N2C(=N1)SC(C#N)=C2N. The van der Waals surface area contributed by atoms with E-state index in [1.807, 2.05) is 13.0 Å². The molecule has 3 rings (SSSR count). The first kappa shape index (κ1) is 21.6. The van der Waals surface area contributed by atoms with E-state index < -0.39 is 12.0 Å². The van der Waals surface area contributed by atoms with Crippen LogP contribution in [0.3, 0.4) is 0 Å². The van der Waals surface area contributed by atoms with Crippen LogP contribution in [0.25, 0.3) is 0 Å². The van der Waals surface area contributed by atoms with Gasteiger partial charge in [-0.3, -0.25) is 4.90 Å². The number of benzene rings is 1. The van der Waals surface area contributed by atoms with E-state index in [-0.39, 0.29) is 12.4 Å². The summed E-state index contributed by atoms with van der Waals surface area (Å²) < 4.78 is 16.3. The minimum absolute atomic E-state index is 0.230. The van der Waals surface area contributed by atoms with Crippen molar-refractivity contribution in [1.82, 2.24) is 4.90 Å². The highest BCUT2D eigenvalue weighted by atomic mass is 32.2. The zero-order valence-electron chi connectivity index (χ0n) is 17.4. The molecule has 2 heterocycles. The number of fused-ring (bicyclic) bond motifs is 1. The number of hydrogen-bond donors (Lipinski definition) is 1. The monoisotopic (exact) mass is 428 g/mol. The number of methoxy groups -OCH3 is 2. The van der Waals surface area contributed by atoms with Gasteiger partial charge >= 0.3 is 5.97 Å². The second kappa shape index (κ2) is 9.13. The third-order valence-corrected chi connectivity index (χ3v) is 5.76. The number of amidine groups is 1. The number of nitriles is 1. The molecule has 0 amide bonds. The second-order valence-corrected chi connectivity index (χ2v) is 7.51. The predicted molar refractivity (Wildman–Crippen MR) is 115 cm³/mol. The van der Waals surface area contributed by atoms with Gasteiger partial charge < -0.3 is 19.9 Å². The minimum atomic E-state index is -0.641. The third kappa shape index (κ3) is 3.71. The van der Waals surface area contributed by atoms with Crippen LogP contribution in [0, 0.1) is 11.3 Å². The van der Waals surface area contributed by atoms with Crippen LogP contribution in [0.4, 0.5) is 0 Å². The zero-order chi connectivity index (χ0) is 21.8. The number of aliphatic imine (C=N–C) groups is 1. The summed E-state index contributed by atoms with van der Waals surface area (Å²) in [5, 5.41) is 10.1. The minimum Gasteiger partial charge on any atom is -0.497 e. The van der Waals surface area contributed by atoms with E-state index in [4.69, 9.17) is 19.9 Å². The lowest BCUT2D eigenvalue weighted by Crippen LogP contribution is -2.39. The predicted octanol–water partition coefficient (Wildman–Crippen LogP) is 3.43. The number of hydrogen-bond acceptors (Lipinski definition) is 9. The van der Waals surface area contributed by atoms with Crippen molar-refractivity contribution in [2.24, 2.45) is 10.7 Å².